The van der Waals surface area contributed by atoms with Gasteiger partial charge in [0.25, 0.3) is 0 Å². The molecule has 0 amide bonds. The summed E-state index contributed by atoms with van der Waals surface area (Å²) in [5.41, 5.74) is 0.741. The van der Waals surface area contributed by atoms with Crippen LogP contribution in [0.25, 0.3) is 0 Å². The Balaban J connectivity index is 1.83. The molecule has 3 heteroatoms. The zero-order valence-corrected chi connectivity index (χ0v) is 9.55. The van der Waals surface area contributed by atoms with E-state index in [2.05, 4.69) is 21.2 Å². The molecule has 2 rings (SSSR count). The molecular formula is C11H14BrNO. The van der Waals surface area contributed by atoms with Crippen molar-refractivity contribution in [2.24, 2.45) is 0 Å². The first kappa shape index (κ1) is 9.99. The van der Waals surface area contributed by atoms with Crippen LogP contribution >= 0.6 is 15.9 Å². The second-order valence-electron chi connectivity index (χ2n) is 3.88. The van der Waals surface area contributed by atoms with Crippen molar-refractivity contribution in [3.63, 3.8) is 0 Å². The quantitative estimate of drug-likeness (QED) is 0.868. The number of hydrogen-bond donors (Lipinski definition) is 2. The van der Waals surface area contributed by atoms with E-state index < -0.39 is 0 Å². The third-order valence-electron chi connectivity index (χ3n) is 2.61. The molecule has 1 aliphatic rings. The lowest BCUT2D eigenvalue weighted by molar-refractivity contribution is 0.144. The average molecular weight is 256 g/mol. The lowest BCUT2D eigenvalue weighted by atomic mass is 10.2. The number of rotatable bonds is 4. The molecule has 2 nitrogen and oxygen atoms in total. The number of hydrogen-bond acceptors (Lipinski definition) is 2. The third kappa shape index (κ3) is 2.49. The van der Waals surface area contributed by atoms with E-state index in [9.17, 15) is 5.11 Å². The number of nitrogens with one attached hydrogen (secondary N) is 1. The van der Waals surface area contributed by atoms with Crippen molar-refractivity contribution >= 4 is 21.6 Å². The number of anilines is 1. The molecule has 1 aliphatic carbocycles. The molecule has 14 heavy (non-hydrogen) atoms. The molecule has 0 atom stereocenters. The summed E-state index contributed by atoms with van der Waals surface area (Å²) in [7, 11) is 0. The lowest BCUT2D eigenvalue weighted by Crippen LogP contribution is -2.14. The van der Waals surface area contributed by atoms with Gasteiger partial charge < -0.3 is 10.4 Å². The predicted octanol–water partition coefficient (Wildman–Crippen LogP) is 2.78. The van der Waals surface area contributed by atoms with Crippen LogP contribution in [0.15, 0.2) is 28.7 Å². The summed E-state index contributed by atoms with van der Waals surface area (Å²) in [6.45, 7) is 0.832. The Bertz CT molecular complexity index is 323. The van der Waals surface area contributed by atoms with E-state index in [1.807, 2.05) is 24.3 Å². The first-order valence-electron chi connectivity index (χ1n) is 4.90. The fraction of sp³-hybridized carbons (Fsp3) is 0.455. The Morgan fingerprint density at radius 2 is 2.07 bits per heavy atom. The molecule has 0 heterocycles. The summed E-state index contributed by atoms with van der Waals surface area (Å²) < 4.78 is 1.07. The van der Waals surface area contributed by atoms with Gasteiger partial charge in [-0.15, -0.1) is 0 Å². The van der Waals surface area contributed by atoms with Crippen molar-refractivity contribution < 1.29 is 5.11 Å². The molecule has 0 aliphatic heterocycles. The highest BCUT2D eigenvalue weighted by Gasteiger charge is 2.39. The summed E-state index contributed by atoms with van der Waals surface area (Å²) in [5, 5.41) is 12.9. The van der Waals surface area contributed by atoms with Crippen LogP contribution in [0.3, 0.4) is 0 Å². The highest BCUT2D eigenvalue weighted by atomic mass is 79.9. The fourth-order valence-electron chi connectivity index (χ4n) is 1.43. The van der Waals surface area contributed by atoms with Crippen LogP contribution in [0.4, 0.5) is 5.69 Å². The minimum atomic E-state index is -0.353. The standard InChI is InChI=1S/C11H14BrNO/c12-9-3-1-2-4-10(9)13-8-7-11(14)5-6-11/h1-4,13-14H,5-8H2. The van der Waals surface area contributed by atoms with Crippen molar-refractivity contribution in [2.75, 3.05) is 11.9 Å². The van der Waals surface area contributed by atoms with E-state index in [-0.39, 0.29) is 5.60 Å². The molecule has 1 fully saturated rings. The number of para-hydroxylation sites is 1. The molecule has 2 N–H and O–H groups in total. The molecule has 0 saturated heterocycles. The van der Waals surface area contributed by atoms with Gasteiger partial charge in [0.1, 0.15) is 0 Å². The maximum atomic E-state index is 9.62. The van der Waals surface area contributed by atoms with Gasteiger partial charge >= 0.3 is 0 Å². The van der Waals surface area contributed by atoms with Gasteiger partial charge in [-0.2, -0.15) is 0 Å². The van der Waals surface area contributed by atoms with Gasteiger partial charge in [0.05, 0.1) is 5.60 Å². The van der Waals surface area contributed by atoms with Crippen molar-refractivity contribution in [2.45, 2.75) is 24.9 Å². The molecule has 0 bridgehead atoms. The van der Waals surface area contributed by atoms with Crippen LogP contribution in [0, 0.1) is 0 Å². The van der Waals surface area contributed by atoms with Gasteiger partial charge in [-0.1, -0.05) is 12.1 Å². The van der Waals surface area contributed by atoms with E-state index in [1.54, 1.807) is 0 Å². The van der Waals surface area contributed by atoms with Crippen LogP contribution in [0.2, 0.25) is 0 Å². The second kappa shape index (κ2) is 3.91. The molecule has 76 valence electrons. The molecule has 0 unspecified atom stereocenters. The van der Waals surface area contributed by atoms with Crippen molar-refractivity contribution in [1.82, 2.24) is 0 Å². The summed E-state index contributed by atoms with van der Waals surface area (Å²) in [4.78, 5) is 0. The zero-order valence-electron chi connectivity index (χ0n) is 7.96. The monoisotopic (exact) mass is 255 g/mol. The van der Waals surface area contributed by atoms with Crippen LogP contribution in [-0.4, -0.2) is 17.3 Å². The largest absolute Gasteiger partial charge is 0.390 e. The lowest BCUT2D eigenvalue weighted by Gasteiger charge is -2.10. The Morgan fingerprint density at radius 3 is 2.71 bits per heavy atom. The molecule has 1 aromatic carbocycles. The Kier molecular flexibility index (Phi) is 2.79. The topological polar surface area (TPSA) is 32.3 Å². The number of benzene rings is 1. The molecule has 1 saturated carbocycles. The highest BCUT2D eigenvalue weighted by Crippen LogP contribution is 2.38. The smallest absolute Gasteiger partial charge is 0.0666 e. The molecule has 1 aromatic rings. The first-order chi connectivity index (χ1) is 6.70. The normalized spacial score (nSPS) is 17.9. The van der Waals surface area contributed by atoms with E-state index in [1.165, 1.54) is 0 Å². The molecular weight excluding hydrogens is 242 g/mol. The Hall–Kier alpha value is -0.540. The maximum Gasteiger partial charge on any atom is 0.0666 e. The number of halogens is 1. The van der Waals surface area contributed by atoms with Gasteiger partial charge in [-0.25, -0.2) is 0 Å². The summed E-state index contributed by atoms with van der Waals surface area (Å²) >= 11 is 3.47. The minimum Gasteiger partial charge on any atom is -0.390 e. The van der Waals surface area contributed by atoms with Gasteiger partial charge in [0, 0.05) is 16.7 Å². The first-order valence-corrected chi connectivity index (χ1v) is 5.70. The van der Waals surface area contributed by atoms with Crippen LogP contribution in [-0.2, 0) is 0 Å². The minimum absolute atomic E-state index is 0.353. The van der Waals surface area contributed by atoms with E-state index >= 15 is 0 Å². The van der Waals surface area contributed by atoms with Gasteiger partial charge in [-0.3, -0.25) is 0 Å². The van der Waals surface area contributed by atoms with Crippen molar-refractivity contribution in [3.8, 4) is 0 Å². The Labute approximate surface area is 92.5 Å². The van der Waals surface area contributed by atoms with Gasteiger partial charge in [-0.05, 0) is 47.3 Å². The van der Waals surface area contributed by atoms with Crippen molar-refractivity contribution in [3.05, 3.63) is 28.7 Å². The van der Waals surface area contributed by atoms with Crippen LogP contribution < -0.4 is 5.32 Å². The maximum absolute atomic E-state index is 9.62. The van der Waals surface area contributed by atoms with E-state index in [4.69, 9.17) is 0 Å². The SMILES string of the molecule is OC1(CCNc2ccccc2Br)CC1. The third-order valence-corrected chi connectivity index (χ3v) is 3.30. The van der Waals surface area contributed by atoms with Crippen LogP contribution in [0.1, 0.15) is 19.3 Å². The summed E-state index contributed by atoms with van der Waals surface area (Å²) in [6, 6.07) is 8.03. The Morgan fingerprint density at radius 1 is 1.36 bits per heavy atom. The predicted molar refractivity (Wildman–Crippen MR) is 61.4 cm³/mol. The molecule has 0 radical (unpaired) electrons. The zero-order chi connectivity index (χ0) is 10.0. The van der Waals surface area contributed by atoms with E-state index in [0.717, 1.165) is 36.0 Å². The van der Waals surface area contributed by atoms with Gasteiger partial charge in [0.2, 0.25) is 0 Å². The fourth-order valence-corrected chi connectivity index (χ4v) is 1.85. The molecule has 0 spiro atoms. The second-order valence-corrected chi connectivity index (χ2v) is 4.74. The van der Waals surface area contributed by atoms with Gasteiger partial charge in [0.15, 0.2) is 0 Å². The van der Waals surface area contributed by atoms with Crippen molar-refractivity contribution in [1.29, 1.82) is 0 Å². The summed E-state index contributed by atoms with van der Waals surface area (Å²) in [6.07, 6.45) is 2.77. The average Bonchev–Trinajstić information content (AvgIpc) is 2.88. The van der Waals surface area contributed by atoms with E-state index in [0.29, 0.717) is 0 Å². The summed E-state index contributed by atoms with van der Waals surface area (Å²) in [5.74, 6) is 0. The number of aliphatic hydroxyl groups is 1. The molecule has 0 aromatic heterocycles. The van der Waals surface area contributed by atoms with Crippen LogP contribution in [0.5, 0.6) is 0 Å². The highest BCUT2D eigenvalue weighted by molar-refractivity contribution is 9.10.